The number of carbonyl (C=O) groups is 1. The van der Waals surface area contributed by atoms with Crippen LogP contribution in [0.4, 0.5) is 13.2 Å². The Balaban J connectivity index is 0.00000169. The van der Waals surface area contributed by atoms with E-state index in [9.17, 15) is 18.0 Å². The van der Waals surface area contributed by atoms with Crippen LogP contribution >= 0.6 is 0 Å². The van der Waals surface area contributed by atoms with Crippen LogP contribution in [0.1, 0.15) is 16.1 Å². The first-order valence-electron chi connectivity index (χ1n) is 3.18. The Hall–Kier alpha value is -1.63. The highest BCUT2D eigenvalue weighted by Crippen LogP contribution is 2.28. The second kappa shape index (κ2) is 4.05. The lowest BCUT2D eigenvalue weighted by molar-refractivity contribution is -0.137. The van der Waals surface area contributed by atoms with Crippen LogP contribution in [-0.2, 0) is 6.18 Å². The van der Waals surface area contributed by atoms with Crippen molar-refractivity contribution >= 4 is 5.97 Å². The van der Waals surface area contributed by atoms with Crippen molar-refractivity contribution in [2.45, 2.75) is 6.18 Å². The highest BCUT2D eigenvalue weighted by Gasteiger charge is 2.30. The summed E-state index contributed by atoms with van der Waals surface area (Å²) in [4.78, 5) is 13.3. The summed E-state index contributed by atoms with van der Waals surface area (Å²) in [6.45, 7) is 0. The normalized spacial score (nSPS) is 10.5. The summed E-state index contributed by atoms with van der Waals surface area (Å²) >= 11 is 0. The van der Waals surface area contributed by atoms with E-state index in [2.05, 4.69) is 4.98 Å². The molecule has 14 heavy (non-hydrogen) atoms. The number of halogens is 3. The summed E-state index contributed by atoms with van der Waals surface area (Å²) in [7, 11) is 0. The average molecular weight is 209 g/mol. The lowest BCUT2D eigenvalue weighted by Gasteiger charge is -2.04. The van der Waals surface area contributed by atoms with Gasteiger partial charge in [0, 0.05) is 6.20 Å². The molecule has 0 radical (unpaired) electrons. The third kappa shape index (κ3) is 2.70. The van der Waals surface area contributed by atoms with Gasteiger partial charge in [0.15, 0.2) is 0 Å². The molecule has 0 unspecified atom stereocenters. The van der Waals surface area contributed by atoms with Crippen molar-refractivity contribution in [1.29, 1.82) is 0 Å². The molecule has 0 amide bonds. The molecule has 0 aliphatic heterocycles. The molecule has 0 saturated heterocycles. The Morgan fingerprint density at radius 3 is 2.21 bits per heavy atom. The van der Waals surface area contributed by atoms with Crippen molar-refractivity contribution in [3.8, 4) is 0 Å². The van der Waals surface area contributed by atoms with E-state index < -0.39 is 23.4 Å². The monoisotopic (exact) mass is 209 g/mol. The van der Waals surface area contributed by atoms with Gasteiger partial charge in [0.2, 0.25) is 0 Å². The molecule has 78 valence electrons. The minimum absolute atomic E-state index is 0. The number of rotatable bonds is 1. The van der Waals surface area contributed by atoms with E-state index in [1.807, 2.05) is 0 Å². The standard InChI is InChI=1S/C7H4F3NO2.H2O/c8-7(9,10)4-1-2-5(6(12)13)11-3-4;/h1-3H,(H,12,13);1H2. The van der Waals surface area contributed by atoms with Crippen LogP contribution in [0.3, 0.4) is 0 Å². The lowest BCUT2D eigenvalue weighted by Crippen LogP contribution is -2.07. The van der Waals surface area contributed by atoms with Crippen LogP contribution in [0.2, 0.25) is 0 Å². The summed E-state index contributed by atoms with van der Waals surface area (Å²) in [5.74, 6) is -1.35. The highest BCUT2D eigenvalue weighted by atomic mass is 19.4. The zero-order valence-corrected chi connectivity index (χ0v) is 6.67. The second-order valence-corrected chi connectivity index (χ2v) is 2.24. The smallest absolute Gasteiger partial charge is 0.417 e. The third-order valence-electron chi connectivity index (χ3n) is 1.31. The van der Waals surface area contributed by atoms with Gasteiger partial charge in [0.05, 0.1) is 5.56 Å². The predicted octanol–water partition coefficient (Wildman–Crippen LogP) is 0.974. The van der Waals surface area contributed by atoms with Gasteiger partial charge in [-0.25, -0.2) is 9.78 Å². The quantitative estimate of drug-likeness (QED) is 0.748. The Kier molecular flexibility index (Phi) is 3.58. The van der Waals surface area contributed by atoms with Crippen LogP contribution in [0, 0.1) is 0 Å². The van der Waals surface area contributed by atoms with Gasteiger partial charge < -0.3 is 10.6 Å². The van der Waals surface area contributed by atoms with Crippen LogP contribution in [0.5, 0.6) is 0 Å². The fourth-order valence-electron chi connectivity index (χ4n) is 0.688. The first-order chi connectivity index (χ1) is 5.91. The van der Waals surface area contributed by atoms with Crippen LogP contribution in [0.25, 0.3) is 0 Å². The molecule has 0 saturated carbocycles. The van der Waals surface area contributed by atoms with E-state index in [0.29, 0.717) is 12.3 Å². The van der Waals surface area contributed by atoms with E-state index in [1.165, 1.54) is 0 Å². The third-order valence-corrected chi connectivity index (χ3v) is 1.31. The molecule has 1 aromatic rings. The number of aromatic carboxylic acids is 1. The van der Waals surface area contributed by atoms with Crippen LogP contribution < -0.4 is 0 Å². The van der Waals surface area contributed by atoms with E-state index in [4.69, 9.17) is 5.11 Å². The fraction of sp³-hybridized carbons (Fsp3) is 0.143. The zero-order chi connectivity index (χ0) is 10.1. The molecule has 3 N–H and O–H groups in total. The molecule has 1 aromatic heterocycles. The van der Waals surface area contributed by atoms with Crippen molar-refractivity contribution in [3.63, 3.8) is 0 Å². The summed E-state index contributed by atoms with van der Waals surface area (Å²) in [5.41, 5.74) is -1.37. The van der Waals surface area contributed by atoms with Gasteiger partial charge in [-0.15, -0.1) is 0 Å². The maximum Gasteiger partial charge on any atom is 0.417 e. The lowest BCUT2D eigenvalue weighted by atomic mass is 10.2. The number of hydrogen-bond acceptors (Lipinski definition) is 2. The Morgan fingerprint density at radius 1 is 1.36 bits per heavy atom. The Labute approximate surface area is 76.3 Å². The van der Waals surface area contributed by atoms with E-state index in [-0.39, 0.29) is 5.48 Å². The molecular weight excluding hydrogens is 203 g/mol. The van der Waals surface area contributed by atoms with E-state index in [0.717, 1.165) is 6.07 Å². The van der Waals surface area contributed by atoms with Crippen LogP contribution in [-0.4, -0.2) is 21.5 Å². The molecule has 7 heteroatoms. The number of alkyl halides is 3. The number of aromatic nitrogens is 1. The molecule has 0 fully saturated rings. The van der Waals surface area contributed by atoms with Gasteiger partial charge in [-0.2, -0.15) is 13.2 Å². The van der Waals surface area contributed by atoms with Gasteiger partial charge >= 0.3 is 12.1 Å². The maximum atomic E-state index is 11.9. The number of hydrogen-bond donors (Lipinski definition) is 1. The summed E-state index contributed by atoms with van der Waals surface area (Å²) in [6.07, 6.45) is -3.99. The number of carboxylic acid groups (broad SMARTS) is 1. The van der Waals surface area contributed by atoms with E-state index >= 15 is 0 Å². The molecule has 0 aliphatic rings. The Morgan fingerprint density at radius 2 is 1.93 bits per heavy atom. The molecule has 0 aliphatic carbocycles. The van der Waals surface area contributed by atoms with E-state index in [1.54, 1.807) is 0 Å². The molecular formula is C7H6F3NO3. The van der Waals surface area contributed by atoms with Gasteiger partial charge in [-0.3, -0.25) is 0 Å². The zero-order valence-electron chi connectivity index (χ0n) is 6.67. The minimum Gasteiger partial charge on any atom is -0.477 e. The van der Waals surface area contributed by atoms with Gasteiger partial charge in [-0.05, 0) is 12.1 Å². The summed E-state index contributed by atoms with van der Waals surface area (Å²) < 4.78 is 35.8. The minimum atomic E-state index is -4.48. The van der Waals surface area contributed by atoms with Crippen molar-refractivity contribution in [2.24, 2.45) is 0 Å². The first-order valence-corrected chi connectivity index (χ1v) is 3.18. The molecule has 4 nitrogen and oxygen atoms in total. The average Bonchev–Trinajstić information content (AvgIpc) is 2.03. The van der Waals surface area contributed by atoms with Crippen molar-refractivity contribution in [3.05, 3.63) is 29.6 Å². The molecule has 0 bridgehead atoms. The van der Waals surface area contributed by atoms with Crippen molar-refractivity contribution in [1.82, 2.24) is 4.98 Å². The van der Waals surface area contributed by atoms with Crippen molar-refractivity contribution < 1.29 is 28.5 Å². The topological polar surface area (TPSA) is 81.7 Å². The Bertz CT molecular complexity index is 320. The van der Waals surface area contributed by atoms with Crippen LogP contribution in [0.15, 0.2) is 18.3 Å². The SMILES string of the molecule is O.O=C(O)c1ccc(C(F)(F)F)cn1. The predicted molar refractivity (Wildman–Crippen MR) is 39.8 cm³/mol. The number of nitrogens with zero attached hydrogens (tertiary/aromatic N) is 1. The second-order valence-electron chi connectivity index (χ2n) is 2.24. The summed E-state index contributed by atoms with van der Waals surface area (Å²) in [6, 6.07) is 1.49. The largest absolute Gasteiger partial charge is 0.477 e. The molecule has 0 spiro atoms. The molecule has 0 atom stereocenters. The highest BCUT2D eigenvalue weighted by molar-refractivity contribution is 5.85. The first kappa shape index (κ1) is 12.4. The number of carboxylic acids is 1. The van der Waals surface area contributed by atoms with Gasteiger partial charge in [0.1, 0.15) is 5.69 Å². The maximum absolute atomic E-state index is 11.9. The fourth-order valence-corrected chi connectivity index (χ4v) is 0.688. The van der Waals surface area contributed by atoms with Gasteiger partial charge in [0.25, 0.3) is 0 Å². The van der Waals surface area contributed by atoms with Crippen molar-refractivity contribution in [2.75, 3.05) is 0 Å². The molecule has 1 heterocycles. The van der Waals surface area contributed by atoms with Gasteiger partial charge in [-0.1, -0.05) is 0 Å². The molecule has 1 rings (SSSR count). The summed E-state index contributed by atoms with van der Waals surface area (Å²) in [5, 5.41) is 8.33. The molecule has 0 aromatic carbocycles. The number of pyridine rings is 1.